The van der Waals surface area contributed by atoms with Gasteiger partial charge in [0.1, 0.15) is 0 Å². The van der Waals surface area contributed by atoms with Gasteiger partial charge in [0.15, 0.2) is 5.78 Å². The maximum atomic E-state index is 12.8. The van der Waals surface area contributed by atoms with Gasteiger partial charge in [0.2, 0.25) is 6.10 Å². The number of Topliss-reactive ketones (excluding diaryl/α,β-unsaturated/α-hetero) is 1. The van der Waals surface area contributed by atoms with Crippen molar-refractivity contribution >= 4 is 23.3 Å². The van der Waals surface area contributed by atoms with E-state index >= 15 is 0 Å². The highest BCUT2D eigenvalue weighted by Gasteiger charge is 2.25. The van der Waals surface area contributed by atoms with E-state index in [2.05, 4.69) is 5.32 Å². The van der Waals surface area contributed by atoms with E-state index in [0.717, 1.165) is 5.56 Å². The summed E-state index contributed by atoms with van der Waals surface area (Å²) >= 11 is 0. The van der Waals surface area contributed by atoms with Gasteiger partial charge in [-0.3, -0.25) is 14.4 Å². The summed E-state index contributed by atoms with van der Waals surface area (Å²) in [5.41, 5.74) is 2.79. The lowest BCUT2D eigenvalue weighted by Gasteiger charge is -2.18. The van der Waals surface area contributed by atoms with E-state index in [1.807, 2.05) is 31.2 Å². The largest absolute Gasteiger partial charge is 0.447 e. The molecule has 152 valence electrons. The minimum Gasteiger partial charge on any atom is -0.447 e. The number of esters is 1. The third kappa shape index (κ3) is 5.88. The van der Waals surface area contributed by atoms with Crippen LogP contribution in [0.1, 0.15) is 40.4 Å². The molecule has 1 atom stereocenters. The van der Waals surface area contributed by atoms with Gasteiger partial charge in [-0.15, -0.1) is 0 Å². The molecule has 0 aromatic heterocycles. The Balaban J connectivity index is 1.66. The Hall–Kier alpha value is -3.73. The van der Waals surface area contributed by atoms with Crippen molar-refractivity contribution in [1.29, 1.82) is 0 Å². The van der Waals surface area contributed by atoms with Crippen molar-refractivity contribution in [3.63, 3.8) is 0 Å². The number of benzene rings is 3. The molecule has 0 fully saturated rings. The first kappa shape index (κ1) is 21.0. The van der Waals surface area contributed by atoms with Crippen LogP contribution in [0.15, 0.2) is 84.9 Å². The van der Waals surface area contributed by atoms with Crippen LogP contribution in [-0.4, -0.2) is 17.7 Å². The zero-order chi connectivity index (χ0) is 21.3. The Morgan fingerprint density at radius 3 is 2.03 bits per heavy atom. The van der Waals surface area contributed by atoms with E-state index in [0.29, 0.717) is 16.8 Å². The molecule has 5 nitrogen and oxygen atoms in total. The average molecular weight is 401 g/mol. The second-order valence-electron chi connectivity index (χ2n) is 6.93. The average Bonchev–Trinajstić information content (AvgIpc) is 2.78. The minimum absolute atomic E-state index is 0.0178. The molecule has 0 bridgehead atoms. The van der Waals surface area contributed by atoms with E-state index in [1.54, 1.807) is 60.7 Å². The van der Waals surface area contributed by atoms with Crippen LogP contribution < -0.4 is 5.32 Å². The van der Waals surface area contributed by atoms with Crippen molar-refractivity contribution in [3.8, 4) is 0 Å². The molecule has 0 aliphatic rings. The lowest BCUT2D eigenvalue weighted by Crippen LogP contribution is -2.26. The van der Waals surface area contributed by atoms with Crippen LogP contribution in [0.4, 0.5) is 5.69 Å². The molecule has 3 aromatic rings. The maximum absolute atomic E-state index is 12.8. The number of carbonyl (C=O) groups is 3. The summed E-state index contributed by atoms with van der Waals surface area (Å²) in [5.74, 6) is -1.20. The molecule has 0 heterocycles. The molecule has 0 saturated heterocycles. The fraction of sp³-hybridized carbons (Fsp3) is 0.160. The molecular formula is C25H23NO4. The zero-order valence-corrected chi connectivity index (χ0v) is 16.7. The summed E-state index contributed by atoms with van der Waals surface area (Å²) in [5, 5.41) is 2.78. The summed E-state index contributed by atoms with van der Waals surface area (Å²) < 4.78 is 5.48. The second-order valence-corrected chi connectivity index (χ2v) is 6.93. The molecule has 0 saturated carbocycles. The molecule has 1 N–H and O–H groups in total. The highest BCUT2D eigenvalue weighted by molar-refractivity contribution is 5.98. The standard InChI is InChI=1S/C25H23NO4/c1-18-12-14-21(15-13-18)26-25(29)24(20-10-6-3-7-11-20)30-23(28)17-16-22(27)19-8-4-2-5-9-19/h2-15,24H,16-17H2,1H3,(H,26,29). The van der Waals surface area contributed by atoms with Crippen molar-refractivity contribution in [2.75, 3.05) is 5.32 Å². The molecule has 0 radical (unpaired) electrons. The van der Waals surface area contributed by atoms with Gasteiger partial charge >= 0.3 is 5.97 Å². The van der Waals surface area contributed by atoms with Gasteiger partial charge in [-0.05, 0) is 19.1 Å². The van der Waals surface area contributed by atoms with Crippen LogP contribution >= 0.6 is 0 Å². The number of carbonyl (C=O) groups excluding carboxylic acids is 3. The Labute approximate surface area is 175 Å². The quantitative estimate of drug-likeness (QED) is 0.431. The molecule has 3 rings (SSSR count). The molecule has 0 aliphatic heterocycles. The Morgan fingerprint density at radius 1 is 0.800 bits per heavy atom. The summed E-state index contributed by atoms with van der Waals surface area (Å²) in [6.45, 7) is 1.96. The number of hydrogen-bond donors (Lipinski definition) is 1. The molecule has 0 spiro atoms. The van der Waals surface area contributed by atoms with E-state index in [1.165, 1.54) is 0 Å². The predicted molar refractivity (Wildman–Crippen MR) is 115 cm³/mol. The molecule has 1 unspecified atom stereocenters. The first-order valence-corrected chi connectivity index (χ1v) is 9.73. The number of ether oxygens (including phenoxy) is 1. The fourth-order valence-corrected chi connectivity index (χ4v) is 2.92. The van der Waals surface area contributed by atoms with Gasteiger partial charge in [0.25, 0.3) is 5.91 Å². The van der Waals surface area contributed by atoms with Crippen molar-refractivity contribution in [2.24, 2.45) is 0 Å². The Bertz CT molecular complexity index is 998. The summed E-state index contributed by atoms with van der Waals surface area (Å²) in [6, 6.07) is 24.9. The van der Waals surface area contributed by atoms with Crippen LogP contribution in [0.5, 0.6) is 0 Å². The van der Waals surface area contributed by atoms with Crippen molar-refractivity contribution < 1.29 is 19.1 Å². The highest BCUT2D eigenvalue weighted by atomic mass is 16.5. The Morgan fingerprint density at radius 2 is 1.40 bits per heavy atom. The van der Waals surface area contributed by atoms with Gasteiger partial charge in [0, 0.05) is 23.2 Å². The molecule has 5 heteroatoms. The molecule has 30 heavy (non-hydrogen) atoms. The first-order valence-electron chi connectivity index (χ1n) is 9.73. The highest BCUT2D eigenvalue weighted by Crippen LogP contribution is 2.21. The number of aryl methyl sites for hydroxylation is 1. The number of anilines is 1. The van der Waals surface area contributed by atoms with E-state index in [9.17, 15) is 14.4 Å². The summed E-state index contributed by atoms with van der Waals surface area (Å²) in [6.07, 6.45) is -1.19. The fourth-order valence-electron chi connectivity index (χ4n) is 2.92. The van der Waals surface area contributed by atoms with Crippen LogP contribution in [0.25, 0.3) is 0 Å². The number of amides is 1. The number of nitrogens with one attached hydrogen (secondary N) is 1. The lowest BCUT2D eigenvalue weighted by atomic mass is 10.1. The first-order chi connectivity index (χ1) is 14.5. The molecule has 3 aromatic carbocycles. The van der Waals surface area contributed by atoms with E-state index < -0.39 is 18.0 Å². The van der Waals surface area contributed by atoms with Crippen LogP contribution in [0.3, 0.4) is 0 Å². The molecule has 0 aliphatic carbocycles. The zero-order valence-electron chi connectivity index (χ0n) is 16.7. The topological polar surface area (TPSA) is 72.5 Å². The van der Waals surface area contributed by atoms with E-state index in [-0.39, 0.29) is 18.6 Å². The normalized spacial score (nSPS) is 11.4. The smallest absolute Gasteiger partial charge is 0.307 e. The third-order valence-corrected chi connectivity index (χ3v) is 4.56. The van der Waals surface area contributed by atoms with Crippen molar-refractivity contribution in [3.05, 3.63) is 102 Å². The van der Waals surface area contributed by atoms with E-state index in [4.69, 9.17) is 4.74 Å². The van der Waals surface area contributed by atoms with Crippen molar-refractivity contribution in [1.82, 2.24) is 0 Å². The van der Waals surface area contributed by atoms with Gasteiger partial charge in [-0.1, -0.05) is 78.4 Å². The van der Waals surface area contributed by atoms with Gasteiger partial charge in [-0.25, -0.2) is 0 Å². The maximum Gasteiger partial charge on any atom is 0.307 e. The number of hydrogen-bond acceptors (Lipinski definition) is 4. The minimum atomic E-state index is -1.10. The lowest BCUT2D eigenvalue weighted by molar-refractivity contribution is -0.154. The monoisotopic (exact) mass is 401 g/mol. The number of ketones is 1. The summed E-state index contributed by atoms with van der Waals surface area (Å²) in [4.78, 5) is 37.5. The Kier molecular flexibility index (Phi) is 7.11. The molecular weight excluding hydrogens is 378 g/mol. The predicted octanol–water partition coefficient (Wildman–Crippen LogP) is 4.88. The van der Waals surface area contributed by atoms with Crippen LogP contribution in [0.2, 0.25) is 0 Å². The number of rotatable bonds is 8. The molecule has 1 amide bonds. The van der Waals surface area contributed by atoms with Crippen LogP contribution in [-0.2, 0) is 14.3 Å². The van der Waals surface area contributed by atoms with Crippen LogP contribution in [0, 0.1) is 6.92 Å². The second kappa shape index (κ2) is 10.2. The van der Waals surface area contributed by atoms with Crippen molar-refractivity contribution in [2.45, 2.75) is 25.9 Å². The van der Waals surface area contributed by atoms with Gasteiger partial charge in [0.05, 0.1) is 6.42 Å². The third-order valence-electron chi connectivity index (χ3n) is 4.56. The SMILES string of the molecule is Cc1ccc(NC(=O)C(OC(=O)CCC(=O)c2ccccc2)c2ccccc2)cc1. The van der Waals surface area contributed by atoms with Gasteiger partial charge in [-0.2, -0.15) is 0 Å². The summed E-state index contributed by atoms with van der Waals surface area (Å²) in [7, 11) is 0. The van der Waals surface area contributed by atoms with Gasteiger partial charge < -0.3 is 10.1 Å².